The number of aromatic nitrogens is 3. The standard InChI is InChI=1S/C21H23N5O3S/c1-16-9-10-20(22-12-16)24-21(27)17-6-5-11-25(14-17)30(28,29)19-13-23-26(15-19)18-7-3-2-4-8-18/h2-4,7-10,12-13,15,17H,5-6,11,14H2,1H3,(H,22,24,27). The number of rotatable bonds is 5. The summed E-state index contributed by atoms with van der Waals surface area (Å²) < 4.78 is 29.2. The number of sulfonamides is 1. The van der Waals surface area contributed by atoms with E-state index >= 15 is 0 Å². The number of hydrogen-bond acceptors (Lipinski definition) is 5. The third-order valence-electron chi connectivity index (χ3n) is 5.13. The number of carbonyl (C=O) groups excluding carboxylic acids is 1. The van der Waals surface area contributed by atoms with Crippen LogP contribution in [-0.2, 0) is 14.8 Å². The molecule has 156 valence electrons. The van der Waals surface area contributed by atoms with Gasteiger partial charge in [-0.15, -0.1) is 0 Å². The fourth-order valence-corrected chi connectivity index (χ4v) is 4.91. The molecular weight excluding hydrogens is 402 g/mol. The van der Waals surface area contributed by atoms with E-state index in [1.54, 1.807) is 12.3 Å². The highest BCUT2D eigenvalue weighted by molar-refractivity contribution is 7.89. The second-order valence-corrected chi connectivity index (χ2v) is 9.31. The average Bonchev–Trinajstić information content (AvgIpc) is 3.27. The minimum absolute atomic E-state index is 0.118. The van der Waals surface area contributed by atoms with Gasteiger partial charge in [0.05, 0.1) is 24.0 Å². The normalized spacial score (nSPS) is 17.6. The molecule has 3 heterocycles. The second-order valence-electron chi connectivity index (χ2n) is 7.37. The van der Waals surface area contributed by atoms with E-state index in [1.807, 2.05) is 43.3 Å². The molecule has 1 saturated heterocycles. The van der Waals surface area contributed by atoms with E-state index < -0.39 is 15.9 Å². The molecule has 9 heteroatoms. The number of aryl methyl sites for hydroxylation is 1. The Balaban J connectivity index is 1.47. The van der Waals surface area contributed by atoms with Gasteiger partial charge in [-0.1, -0.05) is 24.3 Å². The Bertz CT molecular complexity index is 1130. The molecule has 1 aliphatic heterocycles. The molecule has 1 aromatic carbocycles. The number of amides is 1. The summed E-state index contributed by atoms with van der Waals surface area (Å²) in [5, 5.41) is 6.98. The molecule has 0 aliphatic carbocycles. The zero-order chi connectivity index (χ0) is 21.1. The van der Waals surface area contributed by atoms with Crippen molar-refractivity contribution < 1.29 is 13.2 Å². The molecule has 1 amide bonds. The van der Waals surface area contributed by atoms with Crippen LogP contribution in [0.3, 0.4) is 0 Å². The van der Waals surface area contributed by atoms with Crippen LogP contribution in [0.4, 0.5) is 5.82 Å². The quantitative estimate of drug-likeness (QED) is 0.678. The highest BCUT2D eigenvalue weighted by atomic mass is 32.2. The topological polar surface area (TPSA) is 97.2 Å². The number of anilines is 1. The van der Waals surface area contributed by atoms with Gasteiger partial charge in [0.15, 0.2) is 0 Å². The van der Waals surface area contributed by atoms with Crippen LogP contribution < -0.4 is 5.32 Å². The molecule has 1 N–H and O–H groups in total. The van der Waals surface area contributed by atoms with E-state index in [4.69, 9.17) is 0 Å². The molecule has 4 rings (SSSR count). The van der Waals surface area contributed by atoms with E-state index in [2.05, 4.69) is 15.4 Å². The summed E-state index contributed by atoms with van der Waals surface area (Å²) in [6, 6.07) is 12.9. The van der Waals surface area contributed by atoms with Crippen LogP contribution in [-0.4, -0.2) is 46.5 Å². The molecule has 3 aromatic rings. The SMILES string of the molecule is Cc1ccc(NC(=O)C2CCCN(S(=O)(=O)c3cnn(-c4ccccc4)c3)C2)nc1. The third-order valence-corrected chi connectivity index (χ3v) is 6.95. The van der Waals surface area contributed by atoms with E-state index in [0.29, 0.717) is 25.2 Å². The Labute approximate surface area is 175 Å². The lowest BCUT2D eigenvalue weighted by Gasteiger charge is -2.30. The maximum Gasteiger partial charge on any atom is 0.246 e. The van der Waals surface area contributed by atoms with Gasteiger partial charge >= 0.3 is 0 Å². The summed E-state index contributed by atoms with van der Waals surface area (Å²) in [5.74, 6) is -0.179. The van der Waals surface area contributed by atoms with Gasteiger partial charge in [-0.05, 0) is 43.5 Å². The fraction of sp³-hybridized carbons (Fsp3) is 0.286. The maximum atomic E-state index is 13.1. The first kappa shape index (κ1) is 20.2. The number of carbonyl (C=O) groups is 1. The van der Waals surface area contributed by atoms with Crippen molar-refractivity contribution in [3.63, 3.8) is 0 Å². The largest absolute Gasteiger partial charge is 0.310 e. The lowest BCUT2D eigenvalue weighted by atomic mass is 9.99. The number of hydrogen-bond donors (Lipinski definition) is 1. The van der Waals surface area contributed by atoms with Crippen LogP contribution in [0.2, 0.25) is 0 Å². The van der Waals surface area contributed by atoms with Crippen molar-refractivity contribution in [1.82, 2.24) is 19.1 Å². The lowest BCUT2D eigenvalue weighted by molar-refractivity contribution is -0.120. The molecular formula is C21H23N5O3S. The number of nitrogens with one attached hydrogen (secondary N) is 1. The first-order chi connectivity index (χ1) is 14.4. The van der Waals surface area contributed by atoms with Crippen molar-refractivity contribution in [2.45, 2.75) is 24.7 Å². The summed E-state index contributed by atoms with van der Waals surface area (Å²) in [5.41, 5.74) is 1.78. The summed E-state index contributed by atoms with van der Waals surface area (Å²) in [7, 11) is -3.74. The molecule has 0 bridgehead atoms. The number of benzene rings is 1. The number of nitrogens with zero attached hydrogens (tertiary/aromatic N) is 4. The van der Waals surface area contributed by atoms with Crippen molar-refractivity contribution in [2.75, 3.05) is 18.4 Å². The van der Waals surface area contributed by atoms with E-state index in [9.17, 15) is 13.2 Å². The van der Waals surface area contributed by atoms with Gasteiger partial charge in [-0.25, -0.2) is 18.1 Å². The second kappa shape index (κ2) is 8.37. The van der Waals surface area contributed by atoms with Crippen LogP contribution in [0, 0.1) is 12.8 Å². The lowest BCUT2D eigenvalue weighted by Crippen LogP contribution is -2.43. The van der Waals surface area contributed by atoms with Crippen LogP contribution in [0.5, 0.6) is 0 Å². The van der Waals surface area contributed by atoms with Gasteiger partial charge in [0.25, 0.3) is 0 Å². The number of piperidine rings is 1. The van der Waals surface area contributed by atoms with E-state index in [1.165, 1.54) is 21.4 Å². The van der Waals surface area contributed by atoms with Crippen LogP contribution in [0.15, 0.2) is 66.0 Å². The zero-order valence-corrected chi connectivity index (χ0v) is 17.4. The molecule has 1 fully saturated rings. The Kier molecular flexibility index (Phi) is 5.65. The van der Waals surface area contributed by atoms with Crippen LogP contribution >= 0.6 is 0 Å². The first-order valence-electron chi connectivity index (χ1n) is 9.77. The predicted molar refractivity (Wildman–Crippen MR) is 113 cm³/mol. The van der Waals surface area contributed by atoms with Crippen LogP contribution in [0.1, 0.15) is 18.4 Å². The van der Waals surface area contributed by atoms with Crippen molar-refractivity contribution in [2.24, 2.45) is 5.92 Å². The minimum atomic E-state index is -3.74. The summed E-state index contributed by atoms with van der Waals surface area (Å²) in [6.07, 6.45) is 5.78. The van der Waals surface area contributed by atoms with Gasteiger partial charge in [-0.2, -0.15) is 9.40 Å². The van der Waals surface area contributed by atoms with E-state index in [0.717, 1.165) is 11.3 Å². The van der Waals surface area contributed by atoms with Gasteiger partial charge in [0.2, 0.25) is 15.9 Å². The highest BCUT2D eigenvalue weighted by Gasteiger charge is 2.34. The molecule has 0 spiro atoms. The molecule has 8 nitrogen and oxygen atoms in total. The molecule has 1 aliphatic rings. The zero-order valence-electron chi connectivity index (χ0n) is 16.6. The van der Waals surface area contributed by atoms with Crippen molar-refractivity contribution in [1.29, 1.82) is 0 Å². The molecule has 30 heavy (non-hydrogen) atoms. The summed E-state index contributed by atoms with van der Waals surface area (Å²) >= 11 is 0. The Hall–Kier alpha value is -3.04. The monoisotopic (exact) mass is 425 g/mol. The molecule has 0 radical (unpaired) electrons. The van der Waals surface area contributed by atoms with Crippen molar-refractivity contribution in [3.8, 4) is 5.69 Å². The molecule has 1 atom stereocenters. The molecule has 0 saturated carbocycles. The van der Waals surface area contributed by atoms with Gasteiger partial charge in [-0.3, -0.25) is 4.79 Å². The number of pyridine rings is 1. The summed E-state index contributed by atoms with van der Waals surface area (Å²) in [4.78, 5) is 17.0. The predicted octanol–water partition coefficient (Wildman–Crippen LogP) is 2.62. The number of para-hydroxylation sites is 1. The molecule has 1 unspecified atom stereocenters. The fourth-order valence-electron chi connectivity index (χ4n) is 3.46. The van der Waals surface area contributed by atoms with Gasteiger partial charge in [0.1, 0.15) is 10.7 Å². The Morgan fingerprint density at radius 1 is 1.13 bits per heavy atom. The van der Waals surface area contributed by atoms with Crippen LogP contribution in [0.25, 0.3) is 5.69 Å². The maximum absolute atomic E-state index is 13.1. The molecule has 2 aromatic heterocycles. The Morgan fingerprint density at radius 3 is 2.67 bits per heavy atom. The third kappa shape index (κ3) is 4.27. The first-order valence-corrected chi connectivity index (χ1v) is 11.2. The van der Waals surface area contributed by atoms with Gasteiger partial charge < -0.3 is 5.32 Å². The van der Waals surface area contributed by atoms with Crippen molar-refractivity contribution >= 4 is 21.7 Å². The Morgan fingerprint density at radius 2 is 1.93 bits per heavy atom. The highest BCUT2D eigenvalue weighted by Crippen LogP contribution is 2.25. The smallest absolute Gasteiger partial charge is 0.246 e. The summed E-state index contributed by atoms with van der Waals surface area (Å²) in [6.45, 7) is 2.43. The van der Waals surface area contributed by atoms with E-state index in [-0.39, 0.29) is 17.3 Å². The minimum Gasteiger partial charge on any atom is -0.310 e. The average molecular weight is 426 g/mol. The van der Waals surface area contributed by atoms with Gasteiger partial charge in [0, 0.05) is 19.3 Å². The van der Waals surface area contributed by atoms with Crippen molar-refractivity contribution in [3.05, 3.63) is 66.6 Å².